The first-order valence-electron chi connectivity index (χ1n) is 6.84. The van der Waals surface area contributed by atoms with E-state index >= 15 is 0 Å². The Morgan fingerprint density at radius 3 is 2.50 bits per heavy atom. The first-order valence-corrected chi connectivity index (χ1v) is 8.82. The number of hydrogen-bond acceptors (Lipinski definition) is 4. The first kappa shape index (κ1) is 16.4. The van der Waals surface area contributed by atoms with Crippen molar-refractivity contribution >= 4 is 36.1 Å². The minimum absolute atomic E-state index is 0.110. The normalized spacial score (nSPS) is 12.3. The van der Waals surface area contributed by atoms with Crippen LogP contribution >= 0.6 is 7.55 Å². The van der Waals surface area contributed by atoms with Gasteiger partial charge in [0.05, 0.1) is 24.3 Å². The molecule has 0 amide bonds. The van der Waals surface area contributed by atoms with Crippen molar-refractivity contribution < 1.29 is 19.4 Å². The number of ether oxygens (including phenoxy) is 2. The molecule has 0 saturated heterocycles. The number of carbonyl (C=O) groups is 1. The van der Waals surface area contributed by atoms with Crippen LogP contribution in [0.4, 0.5) is 4.79 Å². The Bertz CT molecular complexity index is 756. The highest BCUT2D eigenvalue weighted by atomic mass is 31.1. The summed E-state index contributed by atoms with van der Waals surface area (Å²) in [6.07, 6.45) is 3.41. The van der Waals surface area contributed by atoms with Gasteiger partial charge >= 0.3 is 6.09 Å². The second kappa shape index (κ2) is 5.65. The van der Waals surface area contributed by atoms with E-state index in [1.807, 2.05) is 6.66 Å². The number of rotatable bonds is 2. The quantitative estimate of drug-likeness (QED) is 0.862. The molecule has 1 aromatic carbocycles. The van der Waals surface area contributed by atoms with Crippen LogP contribution in [-0.2, 0) is 4.74 Å². The summed E-state index contributed by atoms with van der Waals surface area (Å²) < 4.78 is 11.8. The van der Waals surface area contributed by atoms with E-state index in [0.717, 1.165) is 5.39 Å². The number of methoxy groups -OCH3 is 1. The fourth-order valence-corrected chi connectivity index (χ4v) is 3.27. The lowest BCUT2D eigenvalue weighted by atomic mass is 10.2. The summed E-state index contributed by atoms with van der Waals surface area (Å²) in [5.41, 5.74) is -0.0608. The molecule has 0 fully saturated rings. The third kappa shape index (κ3) is 2.95. The summed E-state index contributed by atoms with van der Waals surface area (Å²) >= 11 is 0. The van der Waals surface area contributed by atoms with Crippen LogP contribution in [0, 0.1) is 0 Å². The van der Waals surface area contributed by atoms with Gasteiger partial charge in [0, 0.05) is 0 Å². The Labute approximate surface area is 130 Å². The van der Waals surface area contributed by atoms with Gasteiger partial charge in [-0.3, -0.25) is 0 Å². The summed E-state index contributed by atoms with van der Waals surface area (Å²) in [5, 5.41) is 11.9. The molecule has 0 aliphatic rings. The summed E-state index contributed by atoms with van der Waals surface area (Å²) in [6, 6.07) is 5.28. The highest BCUT2D eigenvalue weighted by molar-refractivity contribution is 7.63. The van der Waals surface area contributed by atoms with E-state index in [1.165, 1.54) is 4.57 Å². The molecule has 1 aromatic heterocycles. The van der Waals surface area contributed by atoms with Gasteiger partial charge in [0.25, 0.3) is 5.88 Å². The molecule has 0 saturated carbocycles. The molecule has 22 heavy (non-hydrogen) atoms. The molecular weight excluding hydrogens is 301 g/mol. The number of benzene rings is 1. The van der Waals surface area contributed by atoms with Gasteiger partial charge in [0.1, 0.15) is 25.6 Å². The van der Waals surface area contributed by atoms with Crippen LogP contribution in [0.5, 0.6) is 11.6 Å². The molecule has 1 unspecified atom stereocenters. The minimum Gasteiger partial charge on any atom is -0.497 e. The average molecular weight is 322 g/mol. The van der Waals surface area contributed by atoms with Gasteiger partial charge < -0.3 is 14.6 Å². The van der Waals surface area contributed by atoms with Crippen molar-refractivity contribution in [3.8, 4) is 11.6 Å². The molecule has 2 rings (SSSR count). The van der Waals surface area contributed by atoms with Crippen molar-refractivity contribution in [3.05, 3.63) is 18.2 Å². The zero-order chi connectivity index (χ0) is 16.7. The number of aromatic nitrogens is 1. The second-order valence-electron chi connectivity index (χ2n) is 6.07. The van der Waals surface area contributed by atoms with Crippen LogP contribution in [0.1, 0.15) is 20.8 Å². The number of nitrogens with zero attached hydrogens (tertiary/aromatic N) is 1. The molecule has 0 spiro atoms. The molecule has 6 heteroatoms. The van der Waals surface area contributed by atoms with E-state index in [9.17, 15) is 9.90 Å². The Kier molecular flexibility index (Phi) is 4.21. The summed E-state index contributed by atoms with van der Waals surface area (Å²) in [5.74, 6) is 0.549. The van der Waals surface area contributed by atoms with Crippen LogP contribution in [0.2, 0.25) is 0 Å². The van der Waals surface area contributed by atoms with Crippen LogP contribution in [0.15, 0.2) is 18.2 Å². The van der Waals surface area contributed by atoms with Crippen molar-refractivity contribution in [1.29, 1.82) is 0 Å². The lowest BCUT2D eigenvalue weighted by Crippen LogP contribution is -2.27. The van der Waals surface area contributed by atoms with E-state index in [-0.39, 0.29) is 5.88 Å². The van der Waals surface area contributed by atoms with E-state index in [1.54, 1.807) is 46.1 Å². The molecular formula is C16H21NO4P+. The van der Waals surface area contributed by atoms with E-state index in [4.69, 9.17) is 9.47 Å². The smallest absolute Gasteiger partial charge is 0.422 e. The predicted octanol–water partition coefficient (Wildman–Crippen LogP) is 3.31. The third-order valence-electron chi connectivity index (χ3n) is 3.08. The Balaban J connectivity index is 2.72. The van der Waals surface area contributed by atoms with Crippen molar-refractivity contribution in [2.45, 2.75) is 26.4 Å². The van der Waals surface area contributed by atoms with Gasteiger partial charge in [-0.05, 0) is 39.0 Å². The molecule has 1 N–H and O–H groups in total. The predicted molar refractivity (Wildman–Crippen MR) is 91.4 cm³/mol. The second-order valence-corrected chi connectivity index (χ2v) is 7.91. The Morgan fingerprint density at radius 2 is 2.00 bits per heavy atom. The molecule has 0 radical (unpaired) electrons. The number of carbonyl (C=O) groups excluding carboxylic acids is 1. The van der Waals surface area contributed by atoms with E-state index in [0.29, 0.717) is 16.6 Å². The fourth-order valence-electron chi connectivity index (χ4n) is 2.24. The molecule has 1 atom stereocenters. The van der Waals surface area contributed by atoms with Gasteiger partial charge in [-0.1, -0.05) is 0 Å². The van der Waals surface area contributed by atoms with Crippen LogP contribution < -0.4 is 10.0 Å². The summed E-state index contributed by atoms with van der Waals surface area (Å²) in [6.45, 7) is 7.27. The SMILES string of the molecule is C=[P+](C)c1c(O)n(C(=O)OC(C)(C)C)c2ccc(OC)cc12. The third-order valence-corrected chi connectivity index (χ3v) is 4.29. The highest BCUT2D eigenvalue weighted by Gasteiger charge is 2.30. The molecule has 2 aromatic rings. The lowest BCUT2D eigenvalue weighted by molar-refractivity contribution is 0.0534. The number of hydrogen-bond donors (Lipinski definition) is 1. The molecule has 0 aliphatic carbocycles. The average Bonchev–Trinajstić information content (AvgIpc) is 2.67. The minimum atomic E-state index is -0.855. The molecule has 118 valence electrons. The lowest BCUT2D eigenvalue weighted by Gasteiger charge is -2.19. The van der Waals surface area contributed by atoms with Crippen molar-refractivity contribution in [1.82, 2.24) is 4.57 Å². The van der Waals surface area contributed by atoms with Gasteiger partial charge in [-0.2, -0.15) is 0 Å². The van der Waals surface area contributed by atoms with Gasteiger partial charge in [-0.15, -0.1) is 0 Å². The largest absolute Gasteiger partial charge is 0.497 e. The maximum atomic E-state index is 12.4. The van der Waals surface area contributed by atoms with Crippen molar-refractivity contribution in [2.24, 2.45) is 0 Å². The summed E-state index contributed by atoms with van der Waals surface area (Å²) in [7, 11) is 0.719. The zero-order valence-electron chi connectivity index (χ0n) is 13.5. The molecule has 0 bridgehead atoms. The fraction of sp³-hybridized carbons (Fsp3) is 0.375. The van der Waals surface area contributed by atoms with Crippen molar-refractivity contribution in [3.63, 3.8) is 0 Å². The molecule has 5 nitrogen and oxygen atoms in total. The monoisotopic (exact) mass is 322 g/mol. The number of fused-ring (bicyclic) bond motifs is 1. The maximum Gasteiger partial charge on any atom is 0.422 e. The summed E-state index contributed by atoms with van der Waals surface area (Å²) in [4.78, 5) is 12.4. The maximum absolute atomic E-state index is 12.4. The molecule has 0 aliphatic heterocycles. The zero-order valence-corrected chi connectivity index (χ0v) is 14.4. The standard InChI is InChI=1S/C16H20NO4P/c1-16(2,3)21-15(19)17-12-8-7-10(20-4)9-11(12)13(14(17)18)22(5)6/h7-9H,5H2,1-4,6H3/p+1. The van der Waals surface area contributed by atoms with Crippen LogP contribution in [0.3, 0.4) is 0 Å². The van der Waals surface area contributed by atoms with Gasteiger partial charge in [0.15, 0.2) is 0 Å². The van der Waals surface area contributed by atoms with E-state index in [2.05, 4.69) is 6.30 Å². The van der Waals surface area contributed by atoms with Crippen molar-refractivity contribution in [2.75, 3.05) is 13.8 Å². The molecule has 1 heterocycles. The topological polar surface area (TPSA) is 60.7 Å². The van der Waals surface area contributed by atoms with Gasteiger partial charge in [-0.25, -0.2) is 9.36 Å². The Morgan fingerprint density at radius 1 is 1.36 bits per heavy atom. The van der Waals surface area contributed by atoms with E-state index < -0.39 is 19.2 Å². The highest BCUT2D eigenvalue weighted by Crippen LogP contribution is 2.33. The Hall–Kier alpha value is -2.00. The number of aromatic hydroxyl groups is 1. The van der Waals surface area contributed by atoms with Crippen LogP contribution in [0.25, 0.3) is 10.9 Å². The van der Waals surface area contributed by atoms with Gasteiger partial charge in [0.2, 0.25) is 5.30 Å². The van der Waals surface area contributed by atoms with Crippen LogP contribution in [-0.4, -0.2) is 41.4 Å². The first-order chi connectivity index (χ1) is 10.2.